The molecule has 1 heterocycles. The second kappa shape index (κ2) is 12.5. The lowest BCUT2D eigenvalue weighted by atomic mass is 10.1. The summed E-state index contributed by atoms with van der Waals surface area (Å²) in [5, 5.41) is 15.0. The fraction of sp³-hybridized carbons (Fsp3) is 0.375. The van der Waals surface area contributed by atoms with Crippen LogP contribution >= 0.6 is 24.0 Å². The molecule has 9 heteroatoms. The van der Waals surface area contributed by atoms with Gasteiger partial charge in [0.1, 0.15) is 23.9 Å². The minimum Gasteiger partial charge on any atom is -0.497 e. The molecule has 2 aromatic carbocycles. The molecule has 3 aromatic rings. The minimum absolute atomic E-state index is 0. The quantitative estimate of drug-likeness (QED) is 0.243. The SMILES string of the molecule is COc1ccc(CCNC(=NCc2nnc(C)n2C)NC(C)c2ccc(C)c(F)c2)cc1.I. The first-order valence-electron chi connectivity index (χ1n) is 10.7. The zero-order valence-corrected chi connectivity index (χ0v) is 22.1. The number of aryl methyl sites for hydroxylation is 2. The number of aliphatic imine (C=N–C) groups is 1. The molecule has 178 valence electrons. The Bertz CT molecular complexity index is 1070. The summed E-state index contributed by atoms with van der Waals surface area (Å²) in [6.07, 6.45) is 0.821. The Balaban J connectivity index is 0.00000385. The van der Waals surface area contributed by atoms with E-state index in [1.165, 1.54) is 5.56 Å². The Morgan fingerprint density at radius 2 is 1.88 bits per heavy atom. The van der Waals surface area contributed by atoms with Crippen molar-refractivity contribution in [1.82, 2.24) is 25.4 Å². The zero-order valence-electron chi connectivity index (χ0n) is 19.7. The molecule has 0 fully saturated rings. The van der Waals surface area contributed by atoms with Gasteiger partial charge in [0, 0.05) is 13.6 Å². The molecule has 0 saturated carbocycles. The fourth-order valence-corrected chi connectivity index (χ4v) is 3.18. The Labute approximate surface area is 211 Å². The third-order valence-corrected chi connectivity index (χ3v) is 5.48. The largest absolute Gasteiger partial charge is 0.497 e. The van der Waals surface area contributed by atoms with Crippen LogP contribution in [-0.4, -0.2) is 34.4 Å². The average molecular weight is 566 g/mol. The van der Waals surface area contributed by atoms with Crippen LogP contribution in [0.2, 0.25) is 0 Å². The summed E-state index contributed by atoms with van der Waals surface area (Å²) in [5.74, 6) is 2.86. The molecule has 0 amide bonds. The molecule has 7 nitrogen and oxygen atoms in total. The molecule has 0 saturated heterocycles. The van der Waals surface area contributed by atoms with Gasteiger partial charge in [0.05, 0.1) is 13.2 Å². The van der Waals surface area contributed by atoms with Crippen molar-refractivity contribution in [2.75, 3.05) is 13.7 Å². The second-order valence-electron chi connectivity index (χ2n) is 7.79. The molecular weight excluding hydrogens is 534 g/mol. The van der Waals surface area contributed by atoms with Gasteiger partial charge in [-0.3, -0.25) is 0 Å². The van der Waals surface area contributed by atoms with Gasteiger partial charge in [-0.05, 0) is 62.1 Å². The van der Waals surface area contributed by atoms with Gasteiger partial charge in [-0.1, -0.05) is 24.3 Å². The number of rotatable bonds is 8. The van der Waals surface area contributed by atoms with E-state index in [1.807, 2.05) is 55.8 Å². The van der Waals surface area contributed by atoms with Crippen molar-refractivity contribution in [2.24, 2.45) is 12.0 Å². The van der Waals surface area contributed by atoms with Gasteiger partial charge in [-0.15, -0.1) is 34.2 Å². The first-order valence-corrected chi connectivity index (χ1v) is 10.7. The Hall–Kier alpha value is -2.69. The topological polar surface area (TPSA) is 76.4 Å². The number of halogens is 2. The van der Waals surface area contributed by atoms with Crippen LogP contribution < -0.4 is 15.4 Å². The highest BCUT2D eigenvalue weighted by Gasteiger charge is 2.11. The van der Waals surface area contributed by atoms with Gasteiger partial charge in [-0.25, -0.2) is 9.38 Å². The monoisotopic (exact) mass is 566 g/mol. The van der Waals surface area contributed by atoms with Crippen LogP contribution in [0.25, 0.3) is 0 Å². The number of hydrogen-bond acceptors (Lipinski definition) is 4. The Morgan fingerprint density at radius 3 is 2.48 bits per heavy atom. The molecule has 1 atom stereocenters. The summed E-state index contributed by atoms with van der Waals surface area (Å²) in [4.78, 5) is 4.69. The van der Waals surface area contributed by atoms with Crippen LogP contribution in [0.3, 0.4) is 0 Å². The number of hydrogen-bond donors (Lipinski definition) is 2. The van der Waals surface area contributed by atoms with Crippen LogP contribution in [0, 0.1) is 19.7 Å². The summed E-state index contributed by atoms with van der Waals surface area (Å²) in [7, 11) is 3.58. The van der Waals surface area contributed by atoms with Crippen LogP contribution in [-0.2, 0) is 20.0 Å². The molecule has 1 aromatic heterocycles. The lowest BCUT2D eigenvalue weighted by molar-refractivity contribution is 0.414. The van der Waals surface area contributed by atoms with Gasteiger partial charge in [0.15, 0.2) is 11.8 Å². The molecular formula is C24H32FIN6O. The molecule has 0 aliphatic heterocycles. The molecule has 33 heavy (non-hydrogen) atoms. The van der Waals surface area contributed by atoms with Crippen molar-refractivity contribution in [3.05, 3.63) is 76.6 Å². The Morgan fingerprint density at radius 1 is 1.15 bits per heavy atom. The van der Waals surface area contributed by atoms with Gasteiger partial charge >= 0.3 is 0 Å². The molecule has 1 unspecified atom stereocenters. The predicted octanol–water partition coefficient (Wildman–Crippen LogP) is 4.24. The van der Waals surface area contributed by atoms with E-state index in [4.69, 9.17) is 4.74 Å². The number of nitrogens with zero attached hydrogens (tertiary/aromatic N) is 4. The number of ether oxygens (including phenoxy) is 1. The maximum absolute atomic E-state index is 14.0. The molecule has 3 rings (SSSR count). The summed E-state index contributed by atoms with van der Waals surface area (Å²) >= 11 is 0. The van der Waals surface area contributed by atoms with E-state index < -0.39 is 0 Å². The van der Waals surface area contributed by atoms with E-state index in [9.17, 15) is 4.39 Å². The summed E-state index contributed by atoms with van der Waals surface area (Å²) < 4.78 is 21.2. The van der Waals surface area contributed by atoms with E-state index in [0.717, 1.165) is 29.4 Å². The smallest absolute Gasteiger partial charge is 0.192 e. The highest BCUT2D eigenvalue weighted by Crippen LogP contribution is 2.16. The molecule has 0 spiro atoms. The number of guanidine groups is 1. The summed E-state index contributed by atoms with van der Waals surface area (Å²) in [5.41, 5.74) is 2.67. The lowest BCUT2D eigenvalue weighted by Crippen LogP contribution is -2.40. The van der Waals surface area contributed by atoms with Crippen LogP contribution in [0.4, 0.5) is 4.39 Å². The zero-order chi connectivity index (χ0) is 23.1. The molecule has 0 bridgehead atoms. The van der Waals surface area contributed by atoms with E-state index in [1.54, 1.807) is 26.2 Å². The lowest BCUT2D eigenvalue weighted by Gasteiger charge is -2.19. The normalized spacial score (nSPS) is 12.1. The van der Waals surface area contributed by atoms with E-state index in [2.05, 4.69) is 25.8 Å². The van der Waals surface area contributed by atoms with Crippen molar-refractivity contribution >= 4 is 29.9 Å². The summed E-state index contributed by atoms with van der Waals surface area (Å²) in [6, 6.07) is 13.2. The highest BCUT2D eigenvalue weighted by molar-refractivity contribution is 14.0. The number of aromatic nitrogens is 3. The third kappa shape index (κ3) is 7.41. The first kappa shape index (κ1) is 26.6. The standard InChI is InChI=1S/C24H31FN6O.HI/c1-16-6-9-20(14-22(16)25)17(2)28-24(27-15-23-30-29-18(3)31(23)4)26-13-12-19-7-10-21(32-5)11-8-19;/h6-11,14,17H,12-13,15H2,1-5H3,(H2,26,27,28);1H. The highest BCUT2D eigenvalue weighted by atomic mass is 127. The van der Waals surface area contributed by atoms with Crippen LogP contribution in [0.15, 0.2) is 47.5 Å². The fourth-order valence-electron chi connectivity index (χ4n) is 3.18. The maximum Gasteiger partial charge on any atom is 0.192 e. The van der Waals surface area contributed by atoms with E-state index >= 15 is 0 Å². The van der Waals surface area contributed by atoms with Gasteiger partial charge in [0.2, 0.25) is 0 Å². The van der Waals surface area contributed by atoms with Gasteiger partial charge in [-0.2, -0.15) is 0 Å². The number of nitrogens with one attached hydrogen (secondary N) is 2. The molecule has 0 aliphatic rings. The van der Waals surface area contributed by atoms with Crippen LogP contribution in [0.5, 0.6) is 5.75 Å². The van der Waals surface area contributed by atoms with E-state index in [-0.39, 0.29) is 35.8 Å². The van der Waals surface area contributed by atoms with Crippen molar-refractivity contribution in [1.29, 1.82) is 0 Å². The minimum atomic E-state index is -0.211. The number of methoxy groups -OCH3 is 1. The first-order chi connectivity index (χ1) is 15.4. The summed E-state index contributed by atoms with van der Waals surface area (Å²) in [6.45, 7) is 6.71. The predicted molar refractivity (Wildman–Crippen MR) is 140 cm³/mol. The van der Waals surface area contributed by atoms with Crippen molar-refractivity contribution in [2.45, 2.75) is 39.8 Å². The Kier molecular flexibility index (Phi) is 10.1. The van der Waals surface area contributed by atoms with Crippen molar-refractivity contribution in [3.8, 4) is 5.75 Å². The van der Waals surface area contributed by atoms with Crippen molar-refractivity contribution < 1.29 is 9.13 Å². The van der Waals surface area contributed by atoms with Gasteiger partial charge in [0.25, 0.3) is 0 Å². The average Bonchev–Trinajstić information content (AvgIpc) is 3.11. The maximum atomic E-state index is 14.0. The van der Waals surface area contributed by atoms with E-state index in [0.29, 0.717) is 24.6 Å². The van der Waals surface area contributed by atoms with Gasteiger partial charge < -0.3 is 19.9 Å². The van der Waals surface area contributed by atoms with Crippen LogP contribution in [0.1, 0.15) is 41.3 Å². The number of benzene rings is 2. The molecule has 0 aliphatic carbocycles. The third-order valence-electron chi connectivity index (χ3n) is 5.48. The molecule has 0 radical (unpaired) electrons. The molecule has 2 N–H and O–H groups in total. The second-order valence-corrected chi connectivity index (χ2v) is 7.79. The van der Waals surface area contributed by atoms with Crippen molar-refractivity contribution in [3.63, 3.8) is 0 Å².